The summed E-state index contributed by atoms with van der Waals surface area (Å²) in [6, 6.07) is 19.8. The highest BCUT2D eigenvalue weighted by atomic mass is 19.1. The van der Waals surface area contributed by atoms with Gasteiger partial charge in [0.05, 0.1) is 25.6 Å². The second-order valence-electron chi connectivity index (χ2n) is 8.83. The van der Waals surface area contributed by atoms with Crippen molar-refractivity contribution in [2.45, 2.75) is 18.4 Å². The molecule has 4 aromatic rings. The van der Waals surface area contributed by atoms with Crippen molar-refractivity contribution < 1.29 is 28.2 Å². The van der Waals surface area contributed by atoms with E-state index in [1.807, 2.05) is 24.3 Å². The molecule has 3 aromatic carbocycles. The number of anilines is 2. The van der Waals surface area contributed by atoms with Crippen LogP contribution in [-0.2, 0) is 19.9 Å². The maximum atomic E-state index is 15.0. The van der Waals surface area contributed by atoms with Gasteiger partial charge in [0.15, 0.2) is 0 Å². The second kappa shape index (κ2) is 9.93. The summed E-state index contributed by atoms with van der Waals surface area (Å²) >= 11 is 0. The van der Waals surface area contributed by atoms with Crippen LogP contribution >= 0.6 is 0 Å². The Morgan fingerprint density at radius 1 is 0.974 bits per heavy atom. The van der Waals surface area contributed by atoms with Gasteiger partial charge in [-0.15, -0.1) is 0 Å². The number of amides is 2. The third-order valence-electron chi connectivity index (χ3n) is 6.69. The molecule has 0 aliphatic carbocycles. The van der Waals surface area contributed by atoms with Gasteiger partial charge in [-0.1, -0.05) is 42.5 Å². The third kappa shape index (κ3) is 4.21. The monoisotopic (exact) mass is 513 g/mol. The van der Waals surface area contributed by atoms with Crippen molar-refractivity contribution >= 4 is 39.9 Å². The lowest BCUT2D eigenvalue weighted by Gasteiger charge is -2.30. The van der Waals surface area contributed by atoms with Crippen LogP contribution in [0.2, 0.25) is 0 Å². The molecule has 0 bridgehead atoms. The molecule has 2 heterocycles. The van der Waals surface area contributed by atoms with E-state index in [-0.39, 0.29) is 24.2 Å². The van der Waals surface area contributed by atoms with E-state index in [0.29, 0.717) is 17.0 Å². The van der Waals surface area contributed by atoms with Crippen molar-refractivity contribution in [1.29, 1.82) is 0 Å². The molecule has 0 saturated carbocycles. The van der Waals surface area contributed by atoms with Crippen molar-refractivity contribution in [2.75, 3.05) is 19.1 Å². The van der Waals surface area contributed by atoms with Gasteiger partial charge >= 0.3 is 5.97 Å². The van der Waals surface area contributed by atoms with E-state index in [1.54, 1.807) is 36.5 Å². The van der Waals surface area contributed by atoms with Crippen molar-refractivity contribution in [3.05, 3.63) is 96.1 Å². The Hall–Kier alpha value is -4.79. The van der Waals surface area contributed by atoms with Crippen molar-refractivity contribution in [3.8, 4) is 5.75 Å². The molecule has 0 radical (unpaired) electrons. The largest absolute Gasteiger partial charge is 0.497 e. The van der Waals surface area contributed by atoms with E-state index in [4.69, 9.17) is 9.47 Å². The van der Waals surface area contributed by atoms with Crippen LogP contribution in [0.3, 0.4) is 0 Å². The fraction of sp³-hybridized carbons (Fsp3) is 0.172. The Kier molecular flexibility index (Phi) is 6.50. The molecular formula is C29H24FN3O5. The standard InChI is InChI=1S/C29H24FN3O5/c1-37-20-11-12-21-25(16-20)33(24-10-6-5-9-22(24)30)28(36)29(21,14-13-26(34)38-2)32-27(35)23-15-18-7-3-4-8-19(18)17-31-23/h3-12,15-17H,13-14H2,1-2H3,(H,32,35)/t29-/m0/s1. The van der Waals surface area contributed by atoms with Crippen LogP contribution in [-0.4, -0.2) is 37.0 Å². The number of nitrogens with one attached hydrogen (secondary N) is 1. The Bertz CT molecular complexity index is 1570. The lowest BCUT2D eigenvalue weighted by atomic mass is 9.86. The van der Waals surface area contributed by atoms with Crippen LogP contribution in [0.4, 0.5) is 15.8 Å². The lowest BCUT2D eigenvalue weighted by Crippen LogP contribution is -2.52. The van der Waals surface area contributed by atoms with E-state index >= 15 is 0 Å². The molecule has 1 aliphatic heterocycles. The summed E-state index contributed by atoms with van der Waals surface area (Å²) in [6.45, 7) is 0. The van der Waals surface area contributed by atoms with Crippen LogP contribution in [0.15, 0.2) is 79.0 Å². The number of esters is 1. The molecule has 1 aliphatic rings. The minimum absolute atomic E-state index is 0.00465. The third-order valence-corrected chi connectivity index (χ3v) is 6.69. The number of methoxy groups -OCH3 is 2. The topological polar surface area (TPSA) is 97.8 Å². The average Bonchev–Trinajstić information content (AvgIpc) is 3.18. The van der Waals surface area contributed by atoms with Crippen LogP contribution < -0.4 is 15.0 Å². The Morgan fingerprint density at radius 3 is 2.45 bits per heavy atom. The molecule has 1 aromatic heterocycles. The molecule has 5 rings (SSSR count). The molecule has 9 heteroatoms. The number of fused-ring (bicyclic) bond motifs is 2. The number of carbonyl (C=O) groups excluding carboxylic acids is 3. The highest BCUT2D eigenvalue weighted by Gasteiger charge is 2.53. The molecule has 1 atom stereocenters. The molecule has 192 valence electrons. The fourth-order valence-electron chi connectivity index (χ4n) is 4.75. The molecule has 8 nitrogen and oxygen atoms in total. The van der Waals surface area contributed by atoms with E-state index in [9.17, 15) is 18.8 Å². The van der Waals surface area contributed by atoms with Crippen molar-refractivity contribution in [2.24, 2.45) is 0 Å². The number of ether oxygens (including phenoxy) is 2. The maximum Gasteiger partial charge on any atom is 0.305 e. The highest BCUT2D eigenvalue weighted by Crippen LogP contribution is 2.48. The van der Waals surface area contributed by atoms with Gasteiger partial charge in [0.2, 0.25) is 0 Å². The number of aromatic nitrogens is 1. The van der Waals surface area contributed by atoms with Crippen molar-refractivity contribution in [1.82, 2.24) is 10.3 Å². The number of carbonyl (C=O) groups is 3. The molecule has 0 fully saturated rings. The summed E-state index contributed by atoms with van der Waals surface area (Å²) in [7, 11) is 2.72. The molecule has 0 saturated heterocycles. The van der Waals surface area contributed by atoms with Gasteiger partial charge in [-0.05, 0) is 36.1 Å². The number of rotatable bonds is 7. The Balaban J connectivity index is 1.65. The van der Waals surface area contributed by atoms with E-state index in [0.717, 1.165) is 10.8 Å². The van der Waals surface area contributed by atoms with E-state index < -0.39 is 29.1 Å². The fourth-order valence-corrected chi connectivity index (χ4v) is 4.75. The van der Waals surface area contributed by atoms with Gasteiger partial charge < -0.3 is 14.8 Å². The summed E-state index contributed by atoms with van der Waals surface area (Å²) in [5, 5.41) is 4.50. The Labute approximate surface area is 218 Å². The predicted octanol–water partition coefficient (Wildman–Crippen LogP) is 4.64. The lowest BCUT2D eigenvalue weighted by molar-refractivity contribution is -0.141. The normalized spacial score (nSPS) is 16.3. The number of hydrogen-bond donors (Lipinski definition) is 1. The number of halogens is 1. The van der Waals surface area contributed by atoms with Gasteiger partial charge in [-0.25, -0.2) is 4.39 Å². The molecule has 0 unspecified atom stereocenters. The highest BCUT2D eigenvalue weighted by molar-refractivity contribution is 6.15. The quantitative estimate of drug-likeness (QED) is 0.362. The summed E-state index contributed by atoms with van der Waals surface area (Å²) in [5.41, 5.74) is -0.887. The average molecular weight is 514 g/mol. The number of pyridine rings is 1. The molecule has 0 spiro atoms. The smallest absolute Gasteiger partial charge is 0.305 e. The van der Waals surface area contributed by atoms with Gasteiger partial charge in [-0.2, -0.15) is 0 Å². The maximum absolute atomic E-state index is 15.0. The van der Waals surface area contributed by atoms with Crippen LogP contribution in [0.25, 0.3) is 10.8 Å². The molecular weight excluding hydrogens is 489 g/mol. The van der Waals surface area contributed by atoms with Crippen LogP contribution in [0.1, 0.15) is 28.9 Å². The second-order valence-corrected chi connectivity index (χ2v) is 8.83. The van der Waals surface area contributed by atoms with Crippen LogP contribution in [0.5, 0.6) is 5.75 Å². The SMILES string of the molecule is COC(=O)CC[C@@]1(NC(=O)c2cc3ccccc3cn2)C(=O)N(c2ccccc2F)c2cc(OC)ccc21. The summed E-state index contributed by atoms with van der Waals surface area (Å²) in [5.74, 6) is -1.99. The first kappa shape index (κ1) is 24.9. The summed E-state index contributed by atoms with van der Waals surface area (Å²) < 4.78 is 25.2. The van der Waals surface area contributed by atoms with E-state index in [2.05, 4.69) is 10.3 Å². The summed E-state index contributed by atoms with van der Waals surface area (Å²) in [6.07, 6.45) is 1.28. The number of para-hydroxylation sites is 1. The minimum Gasteiger partial charge on any atom is -0.497 e. The zero-order chi connectivity index (χ0) is 26.9. The predicted molar refractivity (Wildman–Crippen MR) is 139 cm³/mol. The number of hydrogen-bond acceptors (Lipinski definition) is 6. The van der Waals surface area contributed by atoms with Crippen molar-refractivity contribution in [3.63, 3.8) is 0 Å². The zero-order valence-corrected chi connectivity index (χ0v) is 20.7. The first-order chi connectivity index (χ1) is 18.4. The van der Waals surface area contributed by atoms with Crippen LogP contribution in [0, 0.1) is 5.82 Å². The molecule has 2 amide bonds. The van der Waals surface area contributed by atoms with Gasteiger partial charge in [0.1, 0.15) is 22.8 Å². The van der Waals surface area contributed by atoms with Gasteiger partial charge in [0, 0.05) is 29.6 Å². The summed E-state index contributed by atoms with van der Waals surface area (Å²) in [4.78, 5) is 45.5. The van der Waals surface area contributed by atoms with Gasteiger partial charge in [0.25, 0.3) is 11.8 Å². The number of nitrogens with zero attached hydrogens (tertiary/aromatic N) is 2. The number of benzene rings is 3. The molecule has 1 N–H and O–H groups in total. The Morgan fingerprint density at radius 2 is 1.71 bits per heavy atom. The first-order valence-corrected chi connectivity index (χ1v) is 11.9. The molecule has 38 heavy (non-hydrogen) atoms. The van der Waals surface area contributed by atoms with Gasteiger partial charge in [-0.3, -0.25) is 24.3 Å². The zero-order valence-electron chi connectivity index (χ0n) is 20.7. The van der Waals surface area contributed by atoms with E-state index in [1.165, 1.54) is 37.3 Å². The first-order valence-electron chi connectivity index (χ1n) is 11.9. The minimum atomic E-state index is -1.71.